The summed E-state index contributed by atoms with van der Waals surface area (Å²) in [5, 5.41) is 16.7. The van der Waals surface area contributed by atoms with Crippen molar-refractivity contribution in [3.05, 3.63) is 124 Å². The van der Waals surface area contributed by atoms with Crippen molar-refractivity contribution in [2.24, 2.45) is 18.0 Å². The lowest BCUT2D eigenvalue weighted by Gasteiger charge is -2.19. The highest BCUT2D eigenvalue weighted by Gasteiger charge is 2.22. The van der Waals surface area contributed by atoms with Gasteiger partial charge in [0.05, 0.1) is 21.7 Å². The van der Waals surface area contributed by atoms with E-state index in [1.165, 1.54) is 35.8 Å². The van der Waals surface area contributed by atoms with Crippen LogP contribution in [-0.4, -0.2) is 46.2 Å². The Labute approximate surface area is 326 Å². The van der Waals surface area contributed by atoms with E-state index in [-0.39, 0.29) is 0 Å². The number of nitrogens with one attached hydrogen (secondary N) is 3. The monoisotopic (exact) mass is 767 g/mol. The van der Waals surface area contributed by atoms with Crippen molar-refractivity contribution in [2.45, 2.75) is 58.5 Å². The van der Waals surface area contributed by atoms with Crippen LogP contribution >= 0.6 is 31.8 Å². The largest absolute Gasteiger partial charge is 0.385 e. The molecule has 1 saturated heterocycles. The summed E-state index contributed by atoms with van der Waals surface area (Å²) < 4.78 is 4.03. The van der Waals surface area contributed by atoms with Gasteiger partial charge in [0.2, 0.25) is 0 Å². The van der Waals surface area contributed by atoms with E-state index in [1.807, 2.05) is 59.2 Å². The Bertz CT molecular complexity index is 2070. The van der Waals surface area contributed by atoms with Crippen LogP contribution in [0, 0.1) is 5.92 Å². The van der Waals surface area contributed by atoms with Crippen molar-refractivity contribution in [2.75, 3.05) is 25.8 Å². The third-order valence-electron chi connectivity index (χ3n) is 10.1. The summed E-state index contributed by atoms with van der Waals surface area (Å²) in [4.78, 5) is 4.85. The minimum atomic E-state index is 0.454. The van der Waals surface area contributed by atoms with Crippen LogP contribution in [-0.2, 0) is 13.6 Å². The molecule has 7 nitrogen and oxygen atoms in total. The number of rotatable bonds is 16. The van der Waals surface area contributed by atoms with E-state index in [0.717, 1.165) is 89.8 Å². The van der Waals surface area contributed by atoms with Gasteiger partial charge in [0.15, 0.2) is 0 Å². The van der Waals surface area contributed by atoms with Gasteiger partial charge in [-0.2, -0.15) is 5.10 Å². The molecule has 0 aliphatic carbocycles. The van der Waals surface area contributed by atoms with Gasteiger partial charge in [-0.25, -0.2) is 9.67 Å². The Kier molecular flexibility index (Phi) is 13.7. The molecule has 3 atom stereocenters. The highest BCUT2D eigenvalue weighted by molar-refractivity contribution is 7.47. The fraction of sp³-hybridized carbons (Fsp3) is 0.349. The summed E-state index contributed by atoms with van der Waals surface area (Å²) in [7, 11) is 2.60. The van der Waals surface area contributed by atoms with E-state index in [0.29, 0.717) is 30.6 Å². The quantitative estimate of drug-likeness (QED) is 0.0787. The summed E-state index contributed by atoms with van der Waals surface area (Å²) in [6, 6.07) is 16.9. The van der Waals surface area contributed by atoms with Crippen molar-refractivity contribution >= 4 is 49.0 Å². The Hall–Kier alpha value is -3.71. The summed E-state index contributed by atoms with van der Waals surface area (Å²) in [5.41, 5.74) is 11.4. The number of benzene rings is 2. The molecule has 53 heavy (non-hydrogen) atoms. The van der Waals surface area contributed by atoms with Crippen molar-refractivity contribution in [3.8, 4) is 22.3 Å². The van der Waals surface area contributed by atoms with Crippen LogP contribution < -0.4 is 26.9 Å². The molecule has 6 rings (SSSR count). The number of pyridine rings is 1. The van der Waals surface area contributed by atoms with E-state index in [9.17, 15) is 0 Å². The van der Waals surface area contributed by atoms with Gasteiger partial charge >= 0.3 is 0 Å². The van der Waals surface area contributed by atoms with Crippen LogP contribution in [0.25, 0.3) is 34.0 Å². The highest BCUT2D eigenvalue weighted by Crippen LogP contribution is 2.42. The van der Waals surface area contributed by atoms with E-state index in [2.05, 4.69) is 79.5 Å². The lowest BCUT2D eigenvalue weighted by atomic mass is 9.96. The lowest BCUT2D eigenvalue weighted by Crippen LogP contribution is -2.33. The molecule has 3 unspecified atom stereocenters. The number of aromatic nitrogens is 3. The molecule has 2 aromatic heterocycles. The van der Waals surface area contributed by atoms with Crippen molar-refractivity contribution in [3.63, 3.8) is 0 Å². The fourth-order valence-corrected chi connectivity index (χ4v) is 8.90. The van der Waals surface area contributed by atoms with Gasteiger partial charge in [0.25, 0.3) is 0 Å². The van der Waals surface area contributed by atoms with Crippen LogP contribution in [0.15, 0.2) is 103 Å². The van der Waals surface area contributed by atoms with E-state index < -0.39 is 0 Å². The predicted octanol–water partition coefficient (Wildman–Crippen LogP) is 8.92. The molecule has 2 aliphatic heterocycles. The minimum Gasteiger partial charge on any atom is -0.385 e. The van der Waals surface area contributed by atoms with Crippen LogP contribution in [0.5, 0.6) is 0 Å². The topological polar surface area (TPSA) is 71.2 Å². The van der Waals surface area contributed by atoms with Gasteiger partial charge in [0.1, 0.15) is 5.49 Å². The molecule has 0 spiro atoms. The Balaban J connectivity index is 1.20. The van der Waals surface area contributed by atoms with E-state index in [4.69, 9.17) is 33.3 Å². The van der Waals surface area contributed by atoms with Crippen LogP contribution in [0.1, 0.15) is 57.1 Å². The molecule has 0 radical (unpaired) electrons. The molecule has 0 amide bonds. The first-order valence-electron chi connectivity index (χ1n) is 18.7. The number of nitrogens with zero attached hydrogens (tertiary/aromatic N) is 4. The molecular weight excluding hydrogens is 716 g/mol. The summed E-state index contributed by atoms with van der Waals surface area (Å²) in [6.45, 7) is 16.0. The molecule has 0 saturated carbocycles. The average molecular weight is 769 g/mol. The second-order valence-corrected chi connectivity index (χ2v) is 16.2. The standard InChI is InChI=1S/C43H52Cl2N7P/c1-6-8-11-29(3)21-46-22-31(7-2)23-48-40-20-32(18-19-51(40)5)36-12-9-14-38(41(36)44)39-15-10-13-37(42(39)45)34-27-52-43(53-28-34)33(25-49-52)24-47-26-35-17-16-30(4)50-35/h7,9-10,12-15,18-20,23,25,27,29,35,46-47,50,53H,2,4,6,8,11,16-17,21-22,24,26,28H2,1,3,5H3/b31-23+,48-40?. The van der Waals surface area contributed by atoms with Gasteiger partial charge < -0.3 is 20.5 Å². The maximum Gasteiger partial charge on any atom is 0.132 e. The zero-order chi connectivity index (χ0) is 37.3. The number of allylic oxidation sites excluding steroid dienone is 2. The van der Waals surface area contributed by atoms with Crippen LogP contribution in [0.2, 0.25) is 10.0 Å². The Morgan fingerprint density at radius 2 is 1.87 bits per heavy atom. The zero-order valence-electron chi connectivity index (χ0n) is 31.2. The van der Waals surface area contributed by atoms with Gasteiger partial charge in [-0.05, 0) is 72.3 Å². The van der Waals surface area contributed by atoms with Crippen molar-refractivity contribution in [1.82, 2.24) is 30.3 Å². The summed E-state index contributed by atoms with van der Waals surface area (Å²) in [6.07, 6.45) is 16.8. The molecular formula is C43H52Cl2N7P. The number of fused-ring (bicyclic) bond motifs is 1. The third kappa shape index (κ3) is 9.70. The molecule has 0 bridgehead atoms. The maximum atomic E-state index is 7.24. The van der Waals surface area contributed by atoms with Crippen molar-refractivity contribution in [1.29, 1.82) is 0 Å². The number of halogens is 2. The molecule has 10 heteroatoms. The van der Waals surface area contributed by atoms with Gasteiger partial charge in [-0.3, -0.25) is 0 Å². The summed E-state index contributed by atoms with van der Waals surface area (Å²) in [5.74, 6) is 0.646. The van der Waals surface area contributed by atoms with E-state index in [1.54, 1.807) is 0 Å². The summed E-state index contributed by atoms with van der Waals surface area (Å²) >= 11 is 14.5. The first-order valence-corrected chi connectivity index (χ1v) is 20.7. The predicted molar refractivity (Wildman–Crippen MR) is 228 cm³/mol. The minimum absolute atomic E-state index is 0.454. The normalized spacial score (nSPS) is 17.2. The maximum absolute atomic E-state index is 7.24. The second-order valence-electron chi connectivity index (χ2n) is 14.2. The second kappa shape index (κ2) is 18.6. The molecule has 3 N–H and O–H groups in total. The number of hydrogen-bond acceptors (Lipinski definition) is 5. The Morgan fingerprint density at radius 1 is 1.11 bits per heavy atom. The number of hydrogen-bond donors (Lipinski definition) is 3. The average Bonchev–Trinajstić information content (AvgIpc) is 3.78. The molecule has 4 heterocycles. The first-order chi connectivity index (χ1) is 25.7. The molecule has 2 aliphatic rings. The number of aryl methyl sites for hydroxylation is 1. The fourth-order valence-electron chi connectivity index (χ4n) is 6.91. The highest BCUT2D eigenvalue weighted by atomic mass is 35.5. The Morgan fingerprint density at radius 3 is 2.60 bits per heavy atom. The SMILES string of the molecule is C=C/C(=C\N=c1cc(-c2cccc(-c3cccc(C4=Cn5ncc(CNCC6CCC(=C)N6)c5PC4)c3Cl)c2Cl)ccn1C)CNCC(C)CCCC. The van der Waals surface area contributed by atoms with Gasteiger partial charge in [0, 0.05) is 79.3 Å². The van der Waals surface area contributed by atoms with Crippen LogP contribution in [0.4, 0.5) is 0 Å². The lowest BCUT2D eigenvalue weighted by molar-refractivity contribution is 0.474. The van der Waals surface area contributed by atoms with Crippen LogP contribution in [0.3, 0.4) is 0 Å². The third-order valence-corrected chi connectivity index (χ3v) is 12.3. The van der Waals surface area contributed by atoms with Crippen molar-refractivity contribution < 1.29 is 0 Å². The first kappa shape index (κ1) is 39.0. The number of unbranched alkanes of at least 4 members (excludes halogenated alkanes) is 1. The van der Waals surface area contributed by atoms with Gasteiger partial charge in [-0.1, -0.05) is 114 Å². The molecule has 2 aromatic carbocycles. The molecule has 4 aromatic rings. The smallest absolute Gasteiger partial charge is 0.132 e. The van der Waals surface area contributed by atoms with Gasteiger partial charge in [-0.15, -0.1) is 0 Å². The van der Waals surface area contributed by atoms with E-state index >= 15 is 0 Å². The molecule has 278 valence electrons. The zero-order valence-corrected chi connectivity index (χ0v) is 33.7. The molecule has 1 fully saturated rings.